The number of hydrogen-bond donors (Lipinski definition) is 3. The molecule has 4 atom stereocenters. The third kappa shape index (κ3) is 3.56. The van der Waals surface area contributed by atoms with Gasteiger partial charge in [-0.2, -0.15) is 0 Å². The minimum atomic E-state index is -0.927. The Labute approximate surface area is 178 Å². The van der Waals surface area contributed by atoms with Gasteiger partial charge in [-0.25, -0.2) is 0 Å². The SMILES string of the molecule is CC(C)=C1[C@H]2CC[C@@H]1[C@@H](C(=O)Nc1sccc1C(=O)NCc1ccco1)[C@@H]2C(=O)O. The second-order valence-electron chi connectivity index (χ2n) is 8.05. The zero-order valence-electron chi connectivity index (χ0n) is 16.8. The summed E-state index contributed by atoms with van der Waals surface area (Å²) in [5, 5.41) is 17.6. The summed E-state index contributed by atoms with van der Waals surface area (Å²) >= 11 is 1.25. The van der Waals surface area contributed by atoms with E-state index in [1.54, 1.807) is 23.6 Å². The number of furan rings is 1. The molecule has 7 nitrogen and oxygen atoms in total. The molecule has 3 N–H and O–H groups in total. The standard InChI is InChI=1S/C22H24N2O5S/c1-11(2)16-13-5-6-14(16)18(22(27)28)17(13)20(26)24-21-15(7-9-30-21)19(25)23-10-12-4-3-8-29-12/h3-4,7-9,13-14,17-18H,5-6,10H2,1-2H3,(H,23,25)(H,24,26)(H,27,28)/t13-,14+,17+,18+/m0/s1. The van der Waals surface area contributed by atoms with E-state index in [4.69, 9.17) is 4.42 Å². The van der Waals surface area contributed by atoms with Crippen molar-refractivity contribution in [3.05, 3.63) is 52.3 Å². The molecule has 2 aliphatic rings. The fourth-order valence-electron chi connectivity index (χ4n) is 5.06. The van der Waals surface area contributed by atoms with Gasteiger partial charge in [0.15, 0.2) is 0 Å². The minimum absolute atomic E-state index is 0.0442. The van der Waals surface area contributed by atoms with Crippen LogP contribution in [-0.4, -0.2) is 22.9 Å². The first kappa shape index (κ1) is 20.4. The lowest BCUT2D eigenvalue weighted by molar-refractivity contribution is -0.148. The molecule has 2 aromatic heterocycles. The largest absolute Gasteiger partial charge is 0.481 e. The van der Waals surface area contributed by atoms with Crippen molar-refractivity contribution in [3.63, 3.8) is 0 Å². The van der Waals surface area contributed by atoms with Gasteiger partial charge in [-0.1, -0.05) is 11.1 Å². The Morgan fingerprint density at radius 1 is 1.17 bits per heavy atom. The van der Waals surface area contributed by atoms with Crippen LogP contribution < -0.4 is 10.6 Å². The molecule has 4 rings (SSSR count). The summed E-state index contributed by atoms with van der Waals surface area (Å²) in [5.41, 5.74) is 2.60. The molecule has 2 aliphatic carbocycles. The van der Waals surface area contributed by atoms with Gasteiger partial charge in [-0.3, -0.25) is 14.4 Å². The van der Waals surface area contributed by atoms with Crippen molar-refractivity contribution >= 4 is 34.1 Å². The number of amides is 2. The second-order valence-corrected chi connectivity index (χ2v) is 8.97. The topological polar surface area (TPSA) is 109 Å². The highest BCUT2D eigenvalue weighted by atomic mass is 32.1. The predicted molar refractivity (Wildman–Crippen MR) is 112 cm³/mol. The third-order valence-electron chi connectivity index (χ3n) is 6.16. The van der Waals surface area contributed by atoms with Crippen molar-refractivity contribution in [2.24, 2.45) is 23.7 Å². The van der Waals surface area contributed by atoms with Gasteiger partial charge in [0.05, 0.1) is 30.2 Å². The van der Waals surface area contributed by atoms with E-state index in [2.05, 4.69) is 10.6 Å². The number of thiophene rings is 1. The first-order chi connectivity index (χ1) is 14.4. The van der Waals surface area contributed by atoms with Crippen LogP contribution in [0.2, 0.25) is 0 Å². The Hall–Kier alpha value is -2.87. The average Bonchev–Trinajstić information content (AvgIpc) is 3.48. The fourth-order valence-corrected chi connectivity index (χ4v) is 5.85. The van der Waals surface area contributed by atoms with Crippen LogP contribution in [0.15, 0.2) is 45.4 Å². The summed E-state index contributed by atoms with van der Waals surface area (Å²) in [6, 6.07) is 5.15. The number of aliphatic carboxylic acids is 1. The molecule has 2 heterocycles. The molecule has 30 heavy (non-hydrogen) atoms. The average molecular weight is 429 g/mol. The number of carboxylic acids is 1. The summed E-state index contributed by atoms with van der Waals surface area (Å²) in [6.07, 6.45) is 3.17. The Kier molecular flexibility index (Phi) is 5.51. The molecule has 158 valence electrons. The van der Waals surface area contributed by atoms with Crippen molar-refractivity contribution in [2.45, 2.75) is 33.2 Å². The quantitative estimate of drug-likeness (QED) is 0.605. The van der Waals surface area contributed by atoms with Gasteiger partial charge in [0.1, 0.15) is 10.8 Å². The predicted octanol–water partition coefficient (Wildman–Crippen LogP) is 3.90. The summed E-state index contributed by atoms with van der Waals surface area (Å²) in [7, 11) is 0. The Morgan fingerprint density at radius 3 is 2.53 bits per heavy atom. The van der Waals surface area contributed by atoms with Crippen LogP contribution in [0.4, 0.5) is 5.00 Å². The number of carbonyl (C=O) groups excluding carboxylic acids is 2. The van der Waals surface area contributed by atoms with E-state index >= 15 is 0 Å². The summed E-state index contributed by atoms with van der Waals surface area (Å²) < 4.78 is 5.21. The molecule has 0 saturated heterocycles. The monoisotopic (exact) mass is 428 g/mol. The molecule has 2 aromatic rings. The van der Waals surface area contributed by atoms with Gasteiger partial charge in [-0.05, 0) is 62.1 Å². The normalized spacial score (nSPS) is 24.7. The number of anilines is 1. The minimum Gasteiger partial charge on any atom is -0.481 e. The molecule has 0 unspecified atom stereocenters. The zero-order chi connectivity index (χ0) is 21.4. The van der Waals surface area contributed by atoms with Crippen molar-refractivity contribution < 1.29 is 23.9 Å². The lowest BCUT2D eigenvalue weighted by atomic mass is 9.79. The summed E-state index contributed by atoms with van der Waals surface area (Å²) in [5.74, 6) is -2.40. The van der Waals surface area contributed by atoms with Crippen LogP contribution in [-0.2, 0) is 16.1 Å². The highest BCUT2D eigenvalue weighted by molar-refractivity contribution is 7.14. The number of nitrogens with one attached hydrogen (secondary N) is 2. The van der Waals surface area contributed by atoms with Gasteiger partial charge < -0.3 is 20.2 Å². The van der Waals surface area contributed by atoms with E-state index in [9.17, 15) is 19.5 Å². The smallest absolute Gasteiger partial charge is 0.307 e. The molecule has 2 bridgehead atoms. The molecule has 2 fully saturated rings. The molecular weight excluding hydrogens is 404 g/mol. The highest BCUT2D eigenvalue weighted by Gasteiger charge is 2.57. The van der Waals surface area contributed by atoms with Gasteiger partial charge in [0.2, 0.25) is 5.91 Å². The van der Waals surface area contributed by atoms with Gasteiger partial charge in [-0.15, -0.1) is 11.3 Å². The maximum Gasteiger partial charge on any atom is 0.307 e. The van der Waals surface area contributed by atoms with Crippen molar-refractivity contribution in [1.82, 2.24) is 5.32 Å². The number of hydrogen-bond acceptors (Lipinski definition) is 5. The maximum atomic E-state index is 13.2. The number of carbonyl (C=O) groups is 3. The van der Waals surface area contributed by atoms with Gasteiger partial charge in [0, 0.05) is 0 Å². The Bertz CT molecular complexity index is 1000. The van der Waals surface area contributed by atoms with Gasteiger partial charge in [0.25, 0.3) is 5.91 Å². The van der Waals surface area contributed by atoms with Crippen LogP contribution in [0.5, 0.6) is 0 Å². The molecular formula is C22H24N2O5S. The van der Waals surface area contributed by atoms with E-state index in [1.165, 1.54) is 17.6 Å². The summed E-state index contributed by atoms with van der Waals surface area (Å²) in [6.45, 7) is 4.22. The summed E-state index contributed by atoms with van der Waals surface area (Å²) in [4.78, 5) is 37.7. The number of fused-ring (bicyclic) bond motifs is 2. The first-order valence-electron chi connectivity index (χ1n) is 9.97. The maximum absolute atomic E-state index is 13.2. The lowest BCUT2D eigenvalue weighted by Gasteiger charge is -2.26. The molecule has 2 amide bonds. The van der Waals surface area contributed by atoms with E-state index < -0.39 is 17.8 Å². The molecule has 0 radical (unpaired) electrons. The number of carboxylic acid groups (broad SMARTS) is 1. The van der Waals surface area contributed by atoms with Crippen LogP contribution in [0.3, 0.4) is 0 Å². The second kappa shape index (κ2) is 8.10. The van der Waals surface area contributed by atoms with Gasteiger partial charge >= 0.3 is 5.97 Å². The Balaban J connectivity index is 1.51. The van der Waals surface area contributed by atoms with E-state index in [0.29, 0.717) is 16.3 Å². The third-order valence-corrected chi connectivity index (χ3v) is 6.99. The van der Waals surface area contributed by atoms with E-state index in [1.807, 2.05) is 13.8 Å². The first-order valence-corrected chi connectivity index (χ1v) is 10.9. The molecule has 2 saturated carbocycles. The van der Waals surface area contributed by atoms with E-state index in [0.717, 1.165) is 24.0 Å². The van der Waals surface area contributed by atoms with Crippen LogP contribution in [0.1, 0.15) is 42.8 Å². The molecule has 0 spiro atoms. The molecule has 0 aromatic carbocycles. The number of allylic oxidation sites excluding steroid dienone is 2. The Morgan fingerprint density at radius 2 is 1.90 bits per heavy atom. The van der Waals surface area contributed by atoms with Crippen LogP contribution in [0, 0.1) is 23.7 Å². The number of rotatable bonds is 6. The highest BCUT2D eigenvalue weighted by Crippen LogP contribution is 2.57. The lowest BCUT2D eigenvalue weighted by Crippen LogP contribution is -2.38. The molecule has 8 heteroatoms. The molecule has 0 aliphatic heterocycles. The fraction of sp³-hybridized carbons (Fsp3) is 0.409. The van der Waals surface area contributed by atoms with Crippen LogP contribution in [0.25, 0.3) is 0 Å². The van der Waals surface area contributed by atoms with Crippen molar-refractivity contribution in [1.29, 1.82) is 0 Å². The van der Waals surface area contributed by atoms with Crippen LogP contribution >= 0.6 is 11.3 Å². The van der Waals surface area contributed by atoms with Crippen molar-refractivity contribution in [3.8, 4) is 0 Å². The zero-order valence-corrected chi connectivity index (χ0v) is 17.6. The van der Waals surface area contributed by atoms with E-state index in [-0.39, 0.29) is 30.2 Å². The van der Waals surface area contributed by atoms with Crippen molar-refractivity contribution in [2.75, 3.05) is 5.32 Å².